The first kappa shape index (κ1) is 14.0. The zero-order valence-corrected chi connectivity index (χ0v) is 12.4. The minimum atomic E-state index is -0.763. The highest BCUT2D eigenvalue weighted by Crippen LogP contribution is 2.42. The fourth-order valence-corrected chi connectivity index (χ4v) is 4.45. The smallest absolute Gasteiger partial charge is 0.312 e. The van der Waals surface area contributed by atoms with Gasteiger partial charge in [-0.1, -0.05) is 0 Å². The molecule has 1 atom stereocenters. The minimum absolute atomic E-state index is 0.386. The molecule has 2 heterocycles. The molecular formula is C14H19NO4S. The van der Waals surface area contributed by atoms with Crippen molar-refractivity contribution in [1.29, 1.82) is 0 Å². The molecule has 3 rings (SSSR count). The topological polar surface area (TPSA) is 68.7 Å². The molecule has 110 valence electrons. The molecule has 0 bridgehead atoms. The molecule has 1 saturated heterocycles. The number of carboxylic acid groups (broad SMARTS) is 1. The van der Waals surface area contributed by atoms with Crippen LogP contribution in [0.15, 0.2) is 0 Å². The maximum Gasteiger partial charge on any atom is 0.312 e. The molecule has 1 N–H and O–H groups in total. The van der Waals surface area contributed by atoms with E-state index in [4.69, 9.17) is 9.47 Å². The van der Waals surface area contributed by atoms with Crippen molar-refractivity contribution < 1.29 is 19.4 Å². The van der Waals surface area contributed by atoms with Crippen molar-refractivity contribution in [1.82, 2.24) is 4.98 Å². The molecule has 1 unspecified atom stereocenters. The van der Waals surface area contributed by atoms with Crippen LogP contribution in [-0.2, 0) is 26.3 Å². The number of aromatic nitrogens is 1. The average molecular weight is 297 g/mol. The van der Waals surface area contributed by atoms with Crippen LogP contribution in [0.5, 0.6) is 0 Å². The van der Waals surface area contributed by atoms with Crippen molar-refractivity contribution in [3.63, 3.8) is 0 Å². The van der Waals surface area contributed by atoms with Gasteiger partial charge in [0.15, 0.2) is 0 Å². The highest BCUT2D eigenvalue weighted by molar-refractivity contribution is 7.11. The zero-order valence-electron chi connectivity index (χ0n) is 11.6. The second-order valence-corrected chi connectivity index (χ2v) is 6.50. The Hall–Kier alpha value is -0.980. The monoisotopic (exact) mass is 297 g/mol. The summed E-state index contributed by atoms with van der Waals surface area (Å²) < 4.78 is 11.2. The predicted molar refractivity (Wildman–Crippen MR) is 74.2 cm³/mol. The molecule has 1 aliphatic heterocycles. The Morgan fingerprint density at radius 3 is 2.90 bits per heavy atom. The number of methoxy groups -OCH3 is 1. The van der Waals surface area contributed by atoms with E-state index >= 15 is 0 Å². The largest absolute Gasteiger partial charge is 0.481 e. The summed E-state index contributed by atoms with van der Waals surface area (Å²) in [5.74, 6) is -1.21. The van der Waals surface area contributed by atoms with Crippen LogP contribution in [0.1, 0.15) is 47.2 Å². The van der Waals surface area contributed by atoms with Crippen LogP contribution >= 0.6 is 11.3 Å². The molecule has 5 nitrogen and oxygen atoms in total. The molecule has 6 heteroatoms. The highest BCUT2D eigenvalue weighted by Gasteiger charge is 2.40. The standard InChI is InChI=1S/C14H19NO4S/c1-18-14(5-7-19-8-6-14)13-15-11-9(12(16)17)3-2-4-10(11)20-13/h9H,2-8H2,1H3,(H,16,17). The Labute approximate surface area is 121 Å². The van der Waals surface area contributed by atoms with E-state index in [1.54, 1.807) is 18.4 Å². The van der Waals surface area contributed by atoms with E-state index in [9.17, 15) is 9.90 Å². The number of thiazole rings is 1. The minimum Gasteiger partial charge on any atom is -0.481 e. The van der Waals surface area contributed by atoms with Crippen molar-refractivity contribution in [3.8, 4) is 0 Å². The molecule has 1 aromatic heterocycles. The molecule has 20 heavy (non-hydrogen) atoms. The summed E-state index contributed by atoms with van der Waals surface area (Å²) in [4.78, 5) is 17.2. The highest BCUT2D eigenvalue weighted by atomic mass is 32.1. The first-order chi connectivity index (χ1) is 9.66. The van der Waals surface area contributed by atoms with Crippen molar-refractivity contribution >= 4 is 17.3 Å². The van der Waals surface area contributed by atoms with E-state index in [2.05, 4.69) is 4.98 Å². The van der Waals surface area contributed by atoms with Crippen LogP contribution in [0.4, 0.5) is 0 Å². The summed E-state index contributed by atoms with van der Waals surface area (Å²) in [5.41, 5.74) is 0.384. The second-order valence-electron chi connectivity index (χ2n) is 5.42. The molecule has 0 radical (unpaired) electrons. The number of carboxylic acids is 1. The second kappa shape index (κ2) is 5.42. The lowest BCUT2D eigenvalue weighted by atomic mass is 9.90. The fraction of sp³-hybridized carbons (Fsp3) is 0.714. The molecule has 0 aromatic carbocycles. The van der Waals surface area contributed by atoms with E-state index in [0.29, 0.717) is 19.6 Å². The molecule has 1 aliphatic carbocycles. The molecule has 2 aliphatic rings. The third-order valence-corrected chi connectivity index (χ3v) is 5.65. The third kappa shape index (κ3) is 2.25. The number of aryl methyl sites for hydroxylation is 1. The number of nitrogens with zero attached hydrogens (tertiary/aromatic N) is 1. The maximum absolute atomic E-state index is 11.4. The van der Waals surface area contributed by atoms with E-state index in [1.807, 2.05) is 0 Å². The van der Waals surface area contributed by atoms with Gasteiger partial charge in [-0.15, -0.1) is 11.3 Å². The summed E-state index contributed by atoms with van der Waals surface area (Å²) in [5, 5.41) is 10.3. The van der Waals surface area contributed by atoms with E-state index in [1.165, 1.54) is 0 Å². The Bertz CT molecular complexity index is 507. The van der Waals surface area contributed by atoms with Crippen LogP contribution in [0.2, 0.25) is 0 Å². The number of ether oxygens (including phenoxy) is 2. The van der Waals surface area contributed by atoms with Crippen molar-refractivity contribution in [2.75, 3.05) is 20.3 Å². The number of rotatable bonds is 3. The Balaban J connectivity index is 1.97. The number of hydrogen-bond donors (Lipinski definition) is 1. The fourth-order valence-electron chi connectivity index (χ4n) is 3.06. The van der Waals surface area contributed by atoms with Crippen LogP contribution in [0.3, 0.4) is 0 Å². The Kier molecular flexibility index (Phi) is 3.79. The van der Waals surface area contributed by atoms with Gasteiger partial charge in [-0.25, -0.2) is 4.98 Å². The lowest BCUT2D eigenvalue weighted by Crippen LogP contribution is -2.35. The van der Waals surface area contributed by atoms with Crippen molar-refractivity contribution in [2.24, 2.45) is 0 Å². The van der Waals surface area contributed by atoms with Crippen LogP contribution < -0.4 is 0 Å². The normalized spacial score (nSPS) is 25.1. The SMILES string of the molecule is COC1(c2nc3c(s2)CCCC3C(=O)O)CCOCC1. The van der Waals surface area contributed by atoms with E-state index < -0.39 is 11.9 Å². The van der Waals surface area contributed by atoms with Crippen LogP contribution in [-0.4, -0.2) is 36.4 Å². The molecule has 1 aromatic rings. The summed E-state index contributed by atoms with van der Waals surface area (Å²) in [7, 11) is 1.71. The first-order valence-corrected chi connectivity index (χ1v) is 7.84. The average Bonchev–Trinajstić information content (AvgIpc) is 2.92. The summed E-state index contributed by atoms with van der Waals surface area (Å²) >= 11 is 1.63. The van der Waals surface area contributed by atoms with Gasteiger partial charge in [-0.2, -0.15) is 0 Å². The molecule has 0 saturated carbocycles. The molecular weight excluding hydrogens is 278 g/mol. The van der Waals surface area contributed by atoms with Gasteiger partial charge in [0.25, 0.3) is 0 Å². The van der Waals surface area contributed by atoms with Crippen LogP contribution in [0, 0.1) is 0 Å². The van der Waals surface area contributed by atoms with Gasteiger partial charge in [-0.05, 0) is 19.3 Å². The molecule has 0 amide bonds. The number of aliphatic carboxylic acids is 1. The van der Waals surface area contributed by atoms with Gasteiger partial charge in [-0.3, -0.25) is 4.79 Å². The molecule has 1 fully saturated rings. The van der Waals surface area contributed by atoms with Gasteiger partial charge >= 0.3 is 5.97 Å². The quantitative estimate of drug-likeness (QED) is 0.927. The zero-order chi connectivity index (χ0) is 14.2. The summed E-state index contributed by atoms with van der Waals surface area (Å²) in [6.07, 6.45) is 4.12. The maximum atomic E-state index is 11.4. The van der Waals surface area contributed by atoms with Crippen molar-refractivity contribution in [3.05, 3.63) is 15.6 Å². The lowest BCUT2D eigenvalue weighted by molar-refractivity contribution is -0.139. The number of fused-ring (bicyclic) bond motifs is 1. The summed E-state index contributed by atoms with van der Waals surface area (Å²) in [6.45, 7) is 1.33. The summed E-state index contributed by atoms with van der Waals surface area (Å²) in [6, 6.07) is 0. The first-order valence-electron chi connectivity index (χ1n) is 7.02. The van der Waals surface area contributed by atoms with Crippen LogP contribution in [0.25, 0.3) is 0 Å². The van der Waals surface area contributed by atoms with Crippen molar-refractivity contribution in [2.45, 2.75) is 43.6 Å². The van der Waals surface area contributed by atoms with Gasteiger partial charge < -0.3 is 14.6 Å². The van der Waals surface area contributed by atoms with Gasteiger partial charge in [0.1, 0.15) is 10.6 Å². The van der Waals surface area contributed by atoms with Gasteiger partial charge in [0, 0.05) is 38.0 Å². The Morgan fingerprint density at radius 1 is 1.50 bits per heavy atom. The number of hydrogen-bond acceptors (Lipinski definition) is 5. The lowest BCUT2D eigenvalue weighted by Gasteiger charge is -2.33. The van der Waals surface area contributed by atoms with Gasteiger partial charge in [0.05, 0.1) is 11.6 Å². The third-order valence-electron chi connectivity index (χ3n) is 4.33. The Morgan fingerprint density at radius 2 is 2.25 bits per heavy atom. The van der Waals surface area contributed by atoms with E-state index in [0.717, 1.165) is 41.3 Å². The van der Waals surface area contributed by atoms with E-state index in [-0.39, 0.29) is 5.60 Å². The molecule has 0 spiro atoms. The van der Waals surface area contributed by atoms with Gasteiger partial charge in [0.2, 0.25) is 0 Å². The number of carbonyl (C=O) groups is 1. The predicted octanol–water partition coefficient (Wildman–Crippen LogP) is 2.30.